The Labute approximate surface area is 116 Å². The van der Waals surface area contributed by atoms with Gasteiger partial charge in [0.25, 0.3) is 0 Å². The molecule has 0 bridgehead atoms. The summed E-state index contributed by atoms with van der Waals surface area (Å²) >= 11 is 0. The fraction of sp³-hybridized carbons (Fsp3) is 0.263. The van der Waals surface area contributed by atoms with Crippen molar-refractivity contribution < 1.29 is 0 Å². The van der Waals surface area contributed by atoms with Gasteiger partial charge >= 0.3 is 0 Å². The van der Waals surface area contributed by atoms with Gasteiger partial charge in [-0.25, -0.2) is 0 Å². The van der Waals surface area contributed by atoms with Crippen LogP contribution in [-0.2, 0) is 0 Å². The molecule has 0 amide bonds. The predicted octanol–water partition coefficient (Wildman–Crippen LogP) is 5.38. The smallest absolute Gasteiger partial charge is 0.0101 e. The Balaban J connectivity index is 3.01. The van der Waals surface area contributed by atoms with E-state index in [4.69, 9.17) is 6.58 Å². The van der Waals surface area contributed by atoms with E-state index in [-0.39, 0.29) is 0 Å². The quantitative estimate of drug-likeness (QED) is 0.626. The highest BCUT2D eigenvalue weighted by Crippen LogP contribution is 2.33. The monoisotopic (exact) mass is 249 g/mol. The van der Waals surface area contributed by atoms with Gasteiger partial charge in [0.1, 0.15) is 0 Å². The molecule has 0 fully saturated rings. The van der Waals surface area contributed by atoms with E-state index >= 15 is 0 Å². The van der Waals surface area contributed by atoms with Crippen molar-refractivity contribution in [1.29, 1.82) is 0 Å². The van der Waals surface area contributed by atoms with Gasteiger partial charge in [-0.2, -0.15) is 0 Å². The first-order valence-electron chi connectivity index (χ1n) is 6.69. The fourth-order valence-electron chi connectivity index (χ4n) is 2.92. The standard InChI is InChI=1S/C19H21/c1-7-8-9-17-15(5)14(4)16(6)19-13(3)10-12(2)11-18(17)19/h1,7-11H,2-6H3. The largest absolute Gasteiger partial charge is 0.0623 e. The van der Waals surface area contributed by atoms with Gasteiger partial charge in [-0.3, -0.25) is 0 Å². The lowest BCUT2D eigenvalue weighted by atomic mass is 9.88. The molecule has 0 nitrogen and oxygen atoms in total. The van der Waals surface area contributed by atoms with Crippen molar-refractivity contribution in [2.45, 2.75) is 34.6 Å². The van der Waals surface area contributed by atoms with E-state index < -0.39 is 0 Å². The third kappa shape index (κ3) is 2.23. The van der Waals surface area contributed by atoms with Gasteiger partial charge in [-0.15, -0.1) is 0 Å². The van der Waals surface area contributed by atoms with Crippen LogP contribution in [0, 0.1) is 41.2 Å². The van der Waals surface area contributed by atoms with Crippen LogP contribution < -0.4 is 0 Å². The number of allylic oxidation sites excluding steroid dienone is 2. The summed E-state index contributed by atoms with van der Waals surface area (Å²) in [5, 5.41) is 2.71. The average Bonchev–Trinajstić information content (AvgIpc) is 2.35. The molecule has 0 heteroatoms. The molecule has 0 atom stereocenters. The van der Waals surface area contributed by atoms with Crippen molar-refractivity contribution in [3.05, 3.63) is 64.2 Å². The molecule has 19 heavy (non-hydrogen) atoms. The van der Waals surface area contributed by atoms with Crippen LogP contribution in [0.5, 0.6) is 0 Å². The molecule has 0 spiro atoms. The maximum absolute atomic E-state index is 5.49. The molecule has 0 aliphatic rings. The summed E-state index contributed by atoms with van der Waals surface area (Å²) in [4.78, 5) is 0. The van der Waals surface area contributed by atoms with Crippen molar-refractivity contribution in [3.8, 4) is 0 Å². The molecule has 0 aromatic heterocycles. The zero-order valence-corrected chi connectivity index (χ0v) is 12.5. The first kappa shape index (κ1) is 13.6. The molecule has 0 N–H and O–H groups in total. The number of hydrogen-bond donors (Lipinski definition) is 0. The first-order chi connectivity index (χ1) is 8.97. The van der Waals surface area contributed by atoms with Crippen LogP contribution >= 0.6 is 0 Å². The SMILES string of the molecule is [CH]=CC=Cc1c(C)c(C)c(C)c2c(C)cc(C)cc12. The summed E-state index contributed by atoms with van der Waals surface area (Å²) in [6.45, 7) is 16.4. The number of benzene rings is 2. The molecule has 0 heterocycles. The molecule has 0 saturated heterocycles. The minimum absolute atomic E-state index is 1.28. The molecule has 0 aliphatic heterocycles. The molecule has 97 valence electrons. The molecule has 2 aromatic rings. The molecule has 0 aliphatic carbocycles. The zero-order valence-electron chi connectivity index (χ0n) is 12.5. The van der Waals surface area contributed by atoms with Gasteiger partial charge in [-0.1, -0.05) is 42.5 Å². The second kappa shape index (κ2) is 5.05. The summed E-state index contributed by atoms with van der Waals surface area (Å²) in [5.41, 5.74) is 8.04. The van der Waals surface area contributed by atoms with E-state index in [2.05, 4.69) is 52.8 Å². The van der Waals surface area contributed by atoms with Crippen molar-refractivity contribution >= 4 is 16.8 Å². The van der Waals surface area contributed by atoms with Crippen molar-refractivity contribution in [2.75, 3.05) is 0 Å². The minimum Gasteiger partial charge on any atom is -0.0623 e. The van der Waals surface area contributed by atoms with Gasteiger partial charge < -0.3 is 0 Å². The number of rotatable bonds is 2. The van der Waals surface area contributed by atoms with Crippen LogP contribution in [0.15, 0.2) is 24.3 Å². The third-order valence-corrected chi connectivity index (χ3v) is 4.05. The highest BCUT2D eigenvalue weighted by atomic mass is 14.2. The topological polar surface area (TPSA) is 0 Å². The molecular formula is C19H21. The van der Waals surface area contributed by atoms with Crippen LogP contribution in [0.2, 0.25) is 0 Å². The van der Waals surface area contributed by atoms with Crippen molar-refractivity contribution in [3.63, 3.8) is 0 Å². The van der Waals surface area contributed by atoms with E-state index in [1.807, 2.05) is 6.08 Å². The van der Waals surface area contributed by atoms with Gasteiger partial charge in [0.2, 0.25) is 0 Å². The van der Waals surface area contributed by atoms with Gasteiger partial charge in [-0.05, 0) is 73.2 Å². The summed E-state index contributed by atoms with van der Waals surface area (Å²) < 4.78 is 0. The van der Waals surface area contributed by atoms with Crippen LogP contribution in [0.25, 0.3) is 16.8 Å². The minimum atomic E-state index is 1.28. The van der Waals surface area contributed by atoms with Crippen molar-refractivity contribution in [1.82, 2.24) is 0 Å². The maximum Gasteiger partial charge on any atom is -0.0101 e. The molecule has 2 rings (SSSR count). The molecule has 1 radical (unpaired) electrons. The maximum atomic E-state index is 5.49. The van der Waals surface area contributed by atoms with E-state index in [0.29, 0.717) is 0 Å². The molecular weight excluding hydrogens is 228 g/mol. The lowest BCUT2D eigenvalue weighted by Crippen LogP contribution is -1.96. The highest BCUT2D eigenvalue weighted by molar-refractivity contribution is 5.97. The molecule has 2 aromatic carbocycles. The molecule has 0 unspecified atom stereocenters. The van der Waals surface area contributed by atoms with Crippen molar-refractivity contribution in [2.24, 2.45) is 0 Å². The summed E-state index contributed by atoms with van der Waals surface area (Å²) in [5.74, 6) is 0. The number of hydrogen-bond acceptors (Lipinski definition) is 0. The summed E-state index contributed by atoms with van der Waals surface area (Å²) in [6.07, 6.45) is 5.61. The van der Waals surface area contributed by atoms with E-state index in [1.54, 1.807) is 6.08 Å². The van der Waals surface area contributed by atoms with Crippen LogP contribution in [-0.4, -0.2) is 0 Å². The highest BCUT2D eigenvalue weighted by Gasteiger charge is 2.12. The second-order valence-corrected chi connectivity index (χ2v) is 5.34. The van der Waals surface area contributed by atoms with Crippen LogP contribution in [0.3, 0.4) is 0 Å². The molecule has 0 saturated carbocycles. The fourth-order valence-corrected chi connectivity index (χ4v) is 2.92. The Hall–Kier alpha value is -1.82. The van der Waals surface area contributed by atoms with Gasteiger partial charge in [0, 0.05) is 0 Å². The zero-order chi connectivity index (χ0) is 14.2. The normalized spacial score (nSPS) is 11.4. The second-order valence-electron chi connectivity index (χ2n) is 5.34. The van der Waals surface area contributed by atoms with Crippen LogP contribution in [0.1, 0.15) is 33.4 Å². The average molecular weight is 249 g/mol. The number of aryl methyl sites for hydroxylation is 3. The Kier molecular flexibility index (Phi) is 3.61. The van der Waals surface area contributed by atoms with Crippen LogP contribution in [0.4, 0.5) is 0 Å². The first-order valence-corrected chi connectivity index (χ1v) is 6.69. The Morgan fingerprint density at radius 2 is 1.58 bits per heavy atom. The Bertz CT molecular complexity index is 685. The summed E-state index contributed by atoms with van der Waals surface area (Å²) in [6, 6.07) is 4.53. The third-order valence-electron chi connectivity index (χ3n) is 4.05. The van der Waals surface area contributed by atoms with E-state index in [1.165, 1.54) is 44.2 Å². The Morgan fingerprint density at radius 3 is 2.21 bits per heavy atom. The number of fused-ring (bicyclic) bond motifs is 1. The lowest BCUT2D eigenvalue weighted by molar-refractivity contribution is 1.27. The van der Waals surface area contributed by atoms with E-state index in [9.17, 15) is 0 Å². The summed E-state index contributed by atoms with van der Waals surface area (Å²) in [7, 11) is 0. The van der Waals surface area contributed by atoms with E-state index in [0.717, 1.165) is 0 Å². The van der Waals surface area contributed by atoms with Gasteiger partial charge in [0.05, 0.1) is 0 Å². The Morgan fingerprint density at radius 1 is 0.895 bits per heavy atom. The predicted molar refractivity (Wildman–Crippen MR) is 85.5 cm³/mol. The van der Waals surface area contributed by atoms with Gasteiger partial charge in [0.15, 0.2) is 0 Å². The lowest BCUT2D eigenvalue weighted by Gasteiger charge is -2.17.